The Hall–Kier alpha value is -2.60. The molecule has 0 saturated heterocycles. The molecule has 0 aromatic heterocycles. The van der Waals surface area contributed by atoms with Crippen LogP contribution in [0.3, 0.4) is 0 Å². The summed E-state index contributed by atoms with van der Waals surface area (Å²) < 4.78 is 10.7. The highest BCUT2D eigenvalue weighted by atomic mass is 32.2. The summed E-state index contributed by atoms with van der Waals surface area (Å²) in [5.41, 5.74) is 2.69. The maximum absolute atomic E-state index is 12.3. The summed E-state index contributed by atoms with van der Waals surface area (Å²) in [6.07, 6.45) is 0.544. The van der Waals surface area contributed by atoms with Gasteiger partial charge >= 0.3 is 0 Å². The highest BCUT2D eigenvalue weighted by molar-refractivity contribution is 8.16. The fourth-order valence-corrected chi connectivity index (χ4v) is 3.38. The third-order valence-electron chi connectivity index (χ3n) is 3.98. The van der Waals surface area contributed by atoms with E-state index in [4.69, 9.17) is 9.47 Å². The number of ether oxygens (including phenoxy) is 2. The van der Waals surface area contributed by atoms with Crippen molar-refractivity contribution in [3.63, 3.8) is 0 Å². The third kappa shape index (κ3) is 3.91. The molecule has 2 aromatic carbocycles. The molecule has 2 N–H and O–H groups in total. The molecule has 130 valence electrons. The number of hydrogen-bond donors (Lipinski definition) is 2. The molecular weight excluding hydrogens is 338 g/mol. The number of rotatable bonds is 5. The van der Waals surface area contributed by atoms with Crippen molar-refractivity contribution in [2.24, 2.45) is 0 Å². The van der Waals surface area contributed by atoms with E-state index in [0.29, 0.717) is 17.9 Å². The van der Waals surface area contributed by atoms with Crippen LogP contribution in [0.5, 0.6) is 17.2 Å². The number of carbonyl (C=O) groups is 1. The molecule has 25 heavy (non-hydrogen) atoms. The number of hydrogen-bond acceptors (Lipinski definition) is 6. The number of benzene rings is 2. The van der Waals surface area contributed by atoms with E-state index in [-0.39, 0.29) is 16.9 Å². The molecule has 0 amide bonds. The van der Waals surface area contributed by atoms with Gasteiger partial charge in [-0.15, -0.1) is 0 Å². The molecule has 0 saturated carbocycles. The summed E-state index contributed by atoms with van der Waals surface area (Å²) >= 11 is 1.18. The average molecular weight is 357 g/mol. The van der Waals surface area contributed by atoms with Gasteiger partial charge in [-0.2, -0.15) is 0 Å². The molecule has 1 aliphatic rings. The summed E-state index contributed by atoms with van der Waals surface area (Å²) in [6.45, 7) is 0. The lowest BCUT2D eigenvalue weighted by molar-refractivity contribution is -0.112. The normalized spacial score (nSPS) is 16.8. The summed E-state index contributed by atoms with van der Waals surface area (Å²) in [7, 11) is 3.21. The highest BCUT2D eigenvalue weighted by Gasteiger charge is 2.25. The molecule has 5 nitrogen and oxygen atoms in total. The lowest BCUT2D eigenvalue weighted by Crippen LogP contribution is -2.38. The predicted octanol–water partition coefficient (Wildman–Crippen LogP) is 3.18. The maximum atomic E-state index is 12.3. The molecule has 0 aliphatic carbocycles. The van der Waals surface area contributed by atoms with Crippen molar-refractivity contribution in [2.75, 3.05) is 14.2 Å². The Bertz CT molecular complexity index is 802. The zero-order valence-electron chi connectivity index (χ0n) is 14.0. The molecule has 2 aromatic rings. The van der Waals surface area contributed by atoms with Gasteiger partial charge in [0.25, 0.3) is 0 Å². The molecule has 0 spiro atoms. The van der Waals surface area contributed by atoms with Crippen molar-refractivity contribution in [3.05, 3.63) is 59.0 Å². The average Bonchev–Trinajstić information content (AvgIpc) is 2.65. The zero-order valence-corrected chi connectivity index (χ0v) is 14.8. The minimum absolute atomic E-state index is 0.0595. The van der Waals surface area contributed by atoms with Gasteiger partial charge in [-0.3, -0.25) is 4.79 Å². The SMILES string of the molecule is COc1ccc(C2=CSC(=O)C(Cc3ccc(O)cc3)N2)c(OC)c1. The fraction of sp³-hybridized carbons (Fsp3) is 0.211. The van der Waals surface area contributed by atoms with Gasteiger partial charge < -0.3 is 19.9 Å². The summed E-state index contributed by atoms with van der Waals surface area (Å²) in [5, 5.41) is 14.6. The largest absolute Gasteiger partial charge is 0.508 e. The van der Waals surface area contributed by atoms with E-state index in [1.54, 1.807) is 31.8 Å². The van der Waals surface area contributed by atoms with Gasteiger partial charge in [-0.25, -0.2) is 0 Å². The van der Waals surface area contributed by atoms with Gasteiger partial charge in [-0.05, 0) is 29.8 Å². The second-order valence-electron chi connectivity index (χ2n) is 5.60. The molecule has 0 radical (unpaired) electrons. The van der Waals surface area contributed by atoms with Gasteiger partial charge in [0.1, 0.15) is 17.2 Å². The van der Waals surface area contributed by atoms with Crippen LogP contribution in [0.1, 0.15) is 11.1 Å². The van der Waals surface area contributed by atoms with Crippen LogP contribution < -0.4 is 14.8 Å². The second-order valence-corrected chi connectivity index (χ2v) is 6.48. The fourth-order valence-electron chi connectivity index (χ4n) is 2.64. The van der Waals surface area contributed by atoms with E-state index in [2.05, 4.69) is 5.32 Å². The Morgan fingerprint density at radius 1 is 1.12 bits per heavy atom. The van der Waals surface area contributed by atoms with Gasteiger partial charge in [0.2, 0.25) is 5.12 Å². The maximum Gasteiger partial charge on any atom is 0.215 e. The predicted molar refractivity (Wildman–Crippen MR) is 98.9 cm³/mol. The second kappa shape index (κ2) is 7.53. The first-order valence-electron chi connectivity index (χ1n) is 7.78. The van der Waals surface area contributed by atoms with Gasteiger partial charge in [0, 0.05) is 23.5 Å². The van der Waals surface area contributed by atoms with E-state index in [0.717, 1.165) is 16.8 Å². The van der Waals surface area contributed by atoms with Crippen LogP contribution in [0, 0.1) is 0 Å². The number of nitrogens with one attached hydrogen (secondary N) is 1. The number of aromatic hydroxyl groups is 1. The molecule has 1 atom stereocenters. The van der Waals surface area contributed by atoms with E-state index >= 15 is 0 Å². The van der Waals surface area contributed by atoms with Crippen LogP contribution in [-0.2, 0) is 11.2 Å². The monoisotopic (exact) mass is 357 g/mol. The quantitative estimate of drug-likeness (QED) is 0.857. The lowest BCUT2D eigenvalue weighted by atomic mass is 10.0. The van der Waals surface area contributed by atoms with E-state index in [1.165, 1.54) is 11.8 Å². The van der Waals surface area contributed by atoms with Gasteiger partial charge in [0.05, 0.1) is 26.0 Å². The van der Waals surface area contributed by atoms with Crippen LogP contribution in [0.4, 0.5) is 0 Å². The van der Waals surface area contributed by atoms with Crippen LogP contribution in [0.15, 0.2) is 47.9 Å². The highest BCUT2D eigenvalue weighted by Crippen LogP contribution is 2.33. The number of phenols is 1. The van der Waals surface area contributed by atoms with Crippen LogP contribution in [-0.4, -0.2) is 30.5 Å². The lowest BCUT2D eigenvalue weighted by Gasteiger charge is -2.25. The Morgan fingerprint density at radius 3 is 2.56 bits per heavy atom. The van der Waals surface area contributed by atoms with E-state index in [1.807, 2.05) is 30.3 Å². The van der Waals surface area contributed by atoms with Crippen molar-refractivity contribution >= 4 is 22.6 Å². The zero-order chi connectivity index (χ0) is 17.8. The Morgan fingerprint density at radius 2 is 1.88 bits per heavy atom. The Kier molecular flexibility index (Phi) is 5.19. The van der Waals surface area contributed by atoms with Gasteiger partial charge in [0.15, 0.2) is 0 Å². The molecule has 0 fully saturated rings. The molecule has 6 heteroatoms. The Labute approximate surface area is 150 Å². The van der Waals surface area contributed by atoms with Crippen molar-refractivity contribution < 1.29 is 19.4 Å². The molecule has 1 aliphatic heterocycles. The van der Waals surface area contributed by atoms with Gasteiger partial charge in [-0.1, -0.05) is 23.9 Å². The standard InChI is InChI=1S/C19H19NO4S/c1-23-14-7-8-15(18(10-14)24-2)17-11-25-19(22)16(20-17)9-12-3-5-13(21)6-4-12/h3-8,10-11,16,20-21H,9H2,1-2H3. The van der Waals surface area contributed by atoms with Crippen molar-refractivity contribution in [3.8, 4) is 17.2 Å². The first kappa shape index (κ1) is 17.2. The Balaban J connectivity index is 1.82. The van der Waals surface area contributed by atoms with Crippen LogP contribution in [0.2, 0.25) is 0 Å². The number of methoxy groups -OCH3 is 2. The van der Waals surface area contributed by atoms with Crippen LogP contribution >= 0.6 is 11.8 Å². The van der Waals surface area contributed by atoms with Crippen molar-refractivity contribution in [1.82, 2.24) is 5.32 Å². The molecule has 1 unspecified atom stereocenters. The molecular formula is C19H19NO4S. The first-order valence-corrected chi connectivity index (χ1v) is 8.66. The van der Waals surface area contributed by atoms with E-state index < -0.39 is 0 Å². The third-order valence-corrected chi connectivity index (χ3v) is 4.85. The molecule has 3 rings (SSSR count). The van der Waals surface area contributed by atoms with Crippen molar-refractivity contribution in [1.29, 1.82) is 0 Å². The minimum Gasteiger partial charge on any atom is -0.508 e. The number of carbonyl (C=O) groups excluding carboxylic acids is 1. The number of thioether (sulfide) groups is 1. The minimum atomic E-state index is -0.346. The van der Waals surface area contributed by atoms with E-state index in [9.17, 15) is 9.90 Å². The van der Waals surface area contributed by atoms with Crippen LogP contribution in [0.25, 0.3) is 5.70 Å². The summed E-state index contributed by atoms with van der Waals surface area (Å²) in [4.78, 5) is 12.3. The topological polar surface area (TPSA) is 67.8 Å². The molecule has 0 bridgehead atoms. The first-order chi connectivity index (χ1) is 12.1. The molecule has 1 heterocycles. The smallest absolute Gasteiger partial charge is 0.215 e. The summed E-state index contributed by atoms with van der Waals surface area (Å²) in [5.74, 6) is 1.60. The summed E-state index contributed by atoms with van der Waals surface area (Å²) in [6, 6.07) is 12.1. The number of phenolic OH excluding ortho intramolecular Hbond substituents is 1. The van der Waals surface area contributed by atoms with Crippen molar-refractivity contribution in [2.45, 2.75) is 12.5 Å².